The topological polar surface area (TPSA) is 85.7 Å². The summed E-state index contributed by atoms with van der Waals surface area (Å²) in [5.41, 5.74) is 11.5. The summed E-state index contributed by atoms with van der Waals surface area (Å²) < 4.78 is 0. The molecule has 0 saturated heterocycles. The molecule has 0 atom stereocenters. The van der Waals surface area contributed by atoms with Gasteiger partial charge in [0.2, 0.25) is 0 Å². The van der Waals surface area contributed by atoms with Crippen molar-refractivity contribution in [2.45, 2.75) is 69.6 Å². The van der Waals surface area contributed by atoms with Crippen molar-refractivity contribution in [3.05, 3.63) is 83.9 Å². The second-order valence-electron chi connectivity index (χ2n) is 11.2. The van der Waals surface area contributed by atoms with E-state index < -0.39 is 5.41 Å². The number of carbonyl (C=O) groups is 1. The fourth-order valence-corrected chi connectivity index (χ4v) is 6.55. The number of fused-ring (bicyclic) bond motifs is 1. The van der Waals surface area contributed by atoms with Crippen LogP contribution in [0.4, 0.5) is 27.5 Å². The largest absolute Gasteiger partial charge is 0.399 e. The molecular weight excluding hydrogens is 482 g/mol. The second kappa shape index (κ2) is 10.6. The third-order valence-electron chi connectivity index (χ3n) is 8.73. The number of anilines is 4. The highest BCUT2D eigenvalue weighted by Gasteiger charge is 2.36. The van der Waals surface area contributed by atoms with Crippen molar-refractivity contribution in [2.24, 2.45) is 11.0 Å². The minimum Gasteiger partial charge on any atom is -0.399 e. The highest BCUT2D eigenvalue weighted by atomic mass is 16.2. The normalized spacial score (nSPS) is 19.6. The lowest BCUT2D eigenvalue weighted by molar-refractivity contribution is 0.254. The summed E-state index contributed by atoms with van der Waals surface area (Å²) in [4.78, 5) is 16.1. The van der Waals surface area contributed by atoms with E-state index in [2.05, 4.69) is 12.1 Å². The molecule has 0 radical (unpaired) electrons. The van der Waals surface area contributed by atoms with Crippen LogP contribution in [-0.4, -0.2) is 11.7 Å². The first-order valence-electron chi connectivity index (χ1n) is 14.3. The lowest BCUT2D eigenvalue weighted by Gasteiger charge is -2.31. The molecule has 2 N–H and O–H groups in total. The number of urea groups is 1. The van der Waals surface area contributed by atoms with E-state index in [0.717, 1.165) is 66.7 Å². The first kappa shape index (κ1) is 25.2. The van der Waals surface area contributed by atoms with Crippen LogP contribution in [0, 0.1) is 17.2 Å². The van der Waals surface area contributed by atoms with Gasteiger partial charge in [0.25, 0.3) is 0 Å². The van der Waals surface area contributed by atoms with Gasteiger partial charge in [0.1, 0.15) is 0 Å². The first-order valence-corrected chi connectivity index (χ1v) is 14.3. The number of nitrogen functional groups attached to an aromatic ring is 1. The van der Waals surface area contributed by atoms with Crippen LogP contribution in [0.2, 0.25) is 0 Å². The van der Waals surface area contributed by atoms with Crippen LogP contribution in [0.1, 0.15) is 75.3 Å². The van der Waals surface area contributed by atoms with Gasteiger partial charge in [-0.3, -0.25) is 4.90 Å². The van der Waals surface area contributed by atoms with Crippen molar-refractivity contribution in [1.29, 1.82) is 5.26 Å². The molecule has 0 aromatic heterocycles. The Kier molecular flexibility index (Phi) is 6.83. The van der Waals surface area contributed by atoms with Crippen LogP contribution >= 0.6 is 0 Å². The highest BCUT2D eigenvalue weighted by Crippen LogP contribution is 2.41. The Morgan fingerprint density at radius 2 is 1.46 bits per heavy atom. The van der Waals surface area contributed by atoms with Gasteiger partial charge in [-0.1, -0.05) is 68.9 Å². The Hall–Kier alpha value is -4.11. The van der Waals surface area contributed by atoms with Crippen molar-refractivity contribution in [3.8, 4) is 6.07 Å². The molecule has 1 aliphatic heterocycles. The maximum atomic E-state index is 14.4. The van der Waals surface area contributed by atoms with Gasteiger partial charge in [0.15, 0.2) is 0 Å². The zero-order valence-corrected chi connectivity index (χ0v) is 22.4. The van der Waals surface area contributed by atoms with E-state index in [9.17, 15) is 10.1 Å². The molecule has 6 rings (SSSR count). The highest BCUT2D eigenvalue weighted by molar-refractivity contribution is 6.18. The fraction of sp³-hybridized carbons (Fsp3) is 0.364. The molecule has 2 amide bonds. The van der Waals surface area contributed by atoms with Gasteiger partial charge in [-0.05, 0) is 73.7 Å². The molecule has 6 nitrogen and oxygen atoms in total. The number of hydrogen-bond donors (Lipinski definition) is 1. The van der Waals surface area contributed by atoms with Crippen LogP contribution in [0.5, 0.6) is 0 Å². The Balaban J connectivity index is 1.47. The Labute approximate surface area is 230 Å². The van der Waals surface area contributed by atoms with Crippen LogP contribution in [0.15, 0.2) is 77.9 Å². The van der Waals surface area contributed by atoms with E-state index in [1.165, 1.54) is 25.7 Å². The summed E-state index contributed by atoms with van der Waals surface area (Å²) in [6, 6.07) is 25.9. The number of hydrazone groups is 1. The number of hydrogen-bond acceptors (Lipinski definition) is 4. The Morgan fingerprint density at radius 1 is 0.821 bits per heavy atom. The van der Waals surface area contributed by atoms with Gasteiger partial charge in [0, 0.05) is 17.2 Å². The molecule has 0 bridgehead atoms. The number of amides is 2. The zero-order chi connectivity index (χ0) is 26.8. The number of nitrogens with two attached hydrogens (primary N) is 1. The lowest BCUT2D eigenvalue weighted by Crippen LogP contribution is -2.37. The average molecular weight is 518 g/mol. The molecule has 0 unspecified atom stereocenters. The second-order valence-corrected chi connectivity index (χ2v) is 11.2. The molecular formula is C33H35N5O. The third kappa shape index (κ3) is 4.67. The molecule has 3 aliphatic rings. The summed E-state index contributed by atoms with van der Waals surface area (Å²) in [6.45, 7) is 0. The number of carbonyl (C=O) groups excluding carboxylic acids is 1. The summed E-state index contributed by atoms with van der Waals surface area (Å²) in [7, 11) is 0. The van der Waals surface area contributed by atoms with Gasteiger partial charge >= 0.3 is 6.03 Å². The van der Waals surface area contributed by atoms with Crippen molar-refractivity contribution < 1.29 is 4.79 Å². The predicted octanol–water partition coefficient (Wildman–Crippen LogP) is 8.06. The van der Waals surface area contributed by atoms with Crippen LogP contribution in [0.25, 0.3) is 0 Å². The van der Waals surface area contributed by atoms with Crippen LogP contribution in [-0.2, 0) is 5.41 Å². The van der Waals surface area contributed by atoms with E-state index in [1.807, 2.05) is 66.7 Å². The van der Waals surface area contributed by atoms with E-state index in [4.69, 9.17) is 10.8 Å². The Bertz CT molecular complexity index is 1410. The molecule has 3 aromatic carbocycles. The van der Waals surface area contributed by atoms with E-state index in [0.29, 0.717) is 17.3 Å². The number of nitriles is 1. The average Bonchev–Trinajstić information content (AvgIpc) is 3.12. The number of para-hydroxylation sites is 1. The zero-order valence-electron chi connectivity index (χ0n) is 22.4. The Morgan fingerprint density at radius 3 is 2.15 bits per heavy atom. The van der Waals surface area contributed by atoms with Crippen molar-refractivity contribution >= 4 is 34.5 Å². The first-order chi connectivity index (χ1) is 19.1. The van der Waals surface area contributed by atoms with Gasteiger partial charge in [-0.2, -0.15) is 15.4 Å². The molecule has 39 heavy (non-hydrogen) atoms. The van der Waals surface area contributed by atoms with Gasteiger partial charge in [-0.15, -0.1) is 0 Å². The maximum Gasteiger partial charge on any atom is 0.354 e. The quantitative estimate of drug-likeness (QED) is 0.355. The van der Waals surface area contributed by atoms with E-state index in [-0.39, 0.29) is 6.03 Å². The SMILES string of the molecule is N#CC1(c2ccc(N3N=C(C4CCCCC4)c4ccccc4N(c4ccc(N)cc4)C3=O)cc2)CCCCC1. The van der Waals surface area contributed by atoms with Gasteiger partial charge in [-0.25, -0.2) is 4.79 Å². The molecule has 1 heterocycles. The monoisotopic (exact) mass is 517 g/mol. The molecule has 2 fully saturated rings. The molecule has 2 aliphatic carbocycles. The van der Waals surface area contributed by atoms with Gasteiger partial charge < -0.3 is 5.73 Å². The molecule has 2 saturated carbocycles. The molecule has 6 heteroatoms. The third-order valence-corrected chi connectivity index (χ3v) is 8.73. The summed E-state index contributed by atoms with van der Waals surface area (Å²) in [5, 5.41) is 16.8. The molecule has 3 aromatic rings. The minimum absolute atomic E-state index is 0.238. The summed E-state index contributed by atoms with van der Waals surface area (Å²) in [5.74, 6) is 0.296. The lowest BCUT2D eigenvalue weighted by atomic mass is 9.70. The smallest absolute Gasteiger partial charge is 0.354 e. The minimum atomic E-state index is -0.442. The molecule has 198 valence electrons. The number of nitrogens with zero attached hydrogens (tertiary/aromatic N) is 4. The van der Waals surface area contributed by atoms with Gasteiger partial charge in [0.05, 0.1) is 34.3 Å². The van der Waals surface area contributed by atoms with Crippen molar-refractivity contribution in [2.75, 3.05) is 15.6 Å². The maximum absolute atomic E-state index is 14.4. The predicted molar refractivity (Wildman–Crippen MR) is 157 cm³/mol. The number of rotatable bonds is 4. The summed E-state index contributed by atoms with van der Waals surface area (Å²) in [6.07, 6.45) is 10.8. The van der Waals surface area contributed by atoms with Crippen LogP contribution < -0.4 is 15.6 Å². The van der Waals surface area contributed by atoms with Crippen molar-refractivity contribution in [1.82, 2.24) is 0 Å². The summed E-state index contributed by atoms with van der Waals surface area (Å²) >= 11 is 0. The number of benzene rings is 3. The molecule has 0 spiro atoms. The van der Waals surface area contributed by atoms with E-state index in [1.54, 1.807) is 9.91 Å². The standard InChI is InChI=1S/C33H35N5O/c34-23-33(21-7-2-8-22-33)25-13-17-28(18-14-25)38-32(39)37(27-19-15-26(35)16-20-27)30-12-6-5-11-29(30)31(36-38)24-9-3-1-4-10-24/h5-6,11-20,24H,1-4,7-10,21-22,35H2. The van der Waals surface area contributed by atoms with E-state index >= 15 is 0 Å². The van der Waals surface area contributed by atoms with Crippen molar-refractivity contribution in [3.63, 3.8) is 0 Å². The fourth-order valence-electron chi connectivity index (χ4n) is 6.55. The van der Waals surface area contributed by atoms with Crippen LogP contribution in [0.3, 0.4) is 0 Å².